The molecule has 0 atom stereocenters. The normalized spacial score (nSPS) is 19.3. The van der Waals surface area contributed by atoms with Gasteiger partial charge in [-0.25, -0.2) is 0 Å². The highest BCUT2D eigenvalue weighted by molar-refractivity contribution is 8.22. The molecule has 0 amide bonds. The van der Waals surface area contributed by atoms with Crippen molar-refractivity contribution in [2.75, 3.05) is 25.6 Å². The van der Waals surface area contributed by atoms with Crippen molar-refractivity contribution in [3.63, 3.8) is 0 Å². The summed E-state index contributed by atoms with van der Waals surface area (Å²) in [6, 6.07) is 0. The van der Waals surface area contributed by atoms with Crippen molar-refractivity contribution in [2.24, 2.45) is 11.8 Å². The second-order valence-electron chi connectivity index (χ2n) is 5.04. The number of thioether (sulfide) groups is 1. The molecule has 2 nitrogen and oxygen atoms in total. The number of hydrogen-bond donors (Lipinski definition) is 0. The topological polar surface area (TPSA) is 6.48 Å². The maximum atomic E-state index is 5.37. The SMILES string of the molecule is CC(C)CN1CSC(=S)N(CC(C)C)C1. The van der Waals surface area contributed by atoms with Crippen LogP contribution < -0.4 is 0 Å². The fraction of sp³-hybridized carbons (Fsp3) is 0.909. The van der Waals surface area contributed by atoms with E-state index < -0.39 is 0 Å². The Morgan fingerprint density at radius 3 is 2.33 bits per heavy atom. The van der Waals surface area contributed by atoms with Gasteiger partial charge in [0.15, 0.2) is 0 Å². The molecule has 0 aromatic rings. The lowest BCUT2D eigenvalue weighted by molar-refractivity contribution is 0.184. The highest BCUT2D eigenvalue weighted by Gasteiger charge is 2.22. The number of nitrogens with zero attached hydrogens (tertiary/aromatic N) is 2. The van der Waals surface area contributed by atoms with Crippen molar-refractivity contribution in [1.82, 2.24) is 9.80 Å². The Morgan fingerprint density at radius 2 is 1.80 bits per heavy atom. The minimum absolute atomic E-state index is 0.683. The van der Waals surface area contributed by atoms with Crippen LogP contribution in [0.25, 0.3) is 0 Å². The summed E-state index contributed by atoms with van der Waals surface area (Å²) in [7, 11) is 0. The molecule has 1 aliphatic rings. The van der Waals surface area contributed by atoms with Crippen LogP contribution in [0.4, 0.5) is 0 Å². The average Bonchev–Trinajstić information content (AvgIpc) is 2.09. The Balaban J connectivity index is 2.44. The van der Waals surface area contributed by atoms with E-state index >= 15 is 0 Å². The van der Waals surface area contributed by atoms with Crippen molar-refractivity contribution >= 4 is 28.3 Å². The summed E-state index contributed by atoms with van der Waals surface area (Å²) in [5.74, 6) is 2.48. The van der Waals surface area contributed by atoms with E-state index in [1.54, 1.807) is 11.8 Å². The van der Waals surface area contributed by atoms with Crippen LogP contribution in [0.1, 0.15) is 27.7 Å². The van der Waals surface area contributed by atoms with E-state index in [0.717, 1.165) is 29.3 Å². The maximum Gasteiger partial charge on any atom is 0.138 e. The van der Waals surface area contributed by atoms with Gasteiger partial charge in [-0.2, -0.15) is 0 Å². The van der Waals surface area contributed by atoms with E-state index in [0.29, 0.717) is 5.92 Å². The van der Waals surface area contributed by atoms with Gasteiger partial charge in [-0.1, -0.05) is 51.7 Å². The third kappa shape index (κ3) is 4.70. The molecule has 1 fully saturated rings. The van der Waals surface area contributed by atoms with Crippen LogP contribution in [-0.4, -0.2) is 39.8 Å². The summed E-state index contributed by atoms with van der Waals surface area (Å²) in [6.07, 6.45) is 0. The Labute approximate surface area is 103 Å². The Kier molecular flexibility index (Phi) is 5.36. The number of rotatable bonds is 4. The van der Waals surface area contributed by atoms with Gasteiger partial charge in [-0.3, -0.25) is 4.90 Å². The first-order valence-electron chi connectivity index (χ1n) is 5.63. The van der Waals surface area contributed by atoms with E-state index in [9.17, 15) is 0 Å². The van der Waals surface area contributed by atoms with Gasteiger partial charge >= 0.3 is 0 Å². The molecule has 0 radical (unpaired) electrons. The molecule has 0 bridgehead atoms. The van der Waals surface area contributed by atoms with Gasteiger partial charge in [0.2, 0.25) is 0 Å². The maximum absolute atomic E-state index is 5.37. The monoisotopic (exact) mass is 246 g/mol. The lowest BCUT2D eigenvalue weighted by atomic mass is 10.2. The quantitative estimate of drug-likeness (QED) is 0.703. The van der Waals surface area contributed by atoms with Gasteiger partial charge in [-0.05, 0) is 11.8 Å². The predicted octanol–water partition coefficient (Wildman–Crippen LogP) is 2.85. The van der Waals surface area contributed by atoms with Crippen LogP contribution >= 0.6 is 24.0 Å². The van der Waals surface area contributed by atoms with Crippen molar-refractivity contribution in [1.29, 1.82) is 0 Å². The van der Waals surface area contributed by atoms with Crippen molar-refractivity contribution in [2.45, 2.75) is 27.7 Å². The summed E-state index contributed by atoms with van der Waals surface area (Å²) in [4.78, 5) is 4.81. The third-order valence-electron chi connectivity index (χ3n) is 2.21. The van der Waals surface area contributed by atoms with E-state index in [1.165, 1.54) is 6.54 Å². The molecular weight excluding hydrogens is 224 g/mol. The Morgan fingerprint density at radius 1 is 1.20 bits per heavy atom. The molecule has 1 aliphatic heterocycles. The van der Waals surface area contributed by atoms with Gasteiger partial charge < -0.3 is 4.90 Å². The minimum Gasteiger partial charge on any atom is -0.344 e. The van der Waals surface area contributed by atoms with E-state index in [-0.39, 0.29) is 0 Å². The van der Waals surface area contributed by atoms with Crippen molar-refractivity contribution < 1.29 is 0 Å². The summed E-state index contributed by atoms with van der Waals surface area (Å²) in [5, 5.41) is 0. The van der Waals surface area contributed by atoms with Crippen LogP contribution in [0.15, 0.2) is 0 Å². The van der Waals surface area contributed by atoms with Crippen LogP contribution in [0.3, 0.4) is 0 Å². The molecule has 0 N–H and O–H groups in total. The van der Waals surface area contributed by atoms with E-state index in [1.807, 2.05) is 0 Å². The number of hydrogen-bond acceptors (Lipinski definition) is 3. The number of thiocarbonyl (C=S) groups is 1. The minimum atomic E-state index is 0.683. The lowest BCUT2D eigenvalue weighted by Gasteiger charge is -2.38. The van der Waals surface area contributed by atoms with Gasteiger partial charge in [0, 0.05) is 13.1 Å². The highest BCUT2D eigenvalue weighted by Crippen LogP contribution is 2.20. The van der Waals surface area contributed by atoms with Gasteiger partial charge in [-0.15, -0.1) is 0 Å². The van der Waals surface area contributed by atoms with Crippen LogP contribution in [-0.2, 0) is 0 Å². The fourth-order valence-electron chi connectivity index (χ4n) is 1.78. The van der Waals surface area contributed by atoms with Crippen LogP contribution in [0.2, 0.25) is 0 Å². The first-order chi connectivity index (χ1) is 6.99. The zero-order valence-electron chi connectivity index (χ0n) is 10.2. The zero-order valence-corrected chi connectivity index (χ0v) is 11.8. The smallest absolute Gasteiger partial charge is 0.138 e. The van der Waals surface area contributed by atoms with Crippen LogP contribution in [0, 0.1) is 11.8 Å². The average molecular weight is 246 g/mol. The molecule has 1 heterocycles. The molecule has 0 aromatic carbocycles. The molecule has 15 heavy (non-hydrogen) atoms. The standard InChI is InChI=1S/C11H22N2S2/c1-9(2)5-12-7-13(6-10(3)4)11(14)15-8-12/h9-10H,5-8H2,1-4H3. The van der Waals surface area contributed by atoms with Crippen LogP contribution in [0.5, 0.6) is 0 Å². The molecule has 1 rings (SSSR count). The molecular formula is C11H22N2S2. The van der Waals surface area contributed by atoms with Gasteiger partial charge in [0.1, 0.15) is 4.32 Å². The second-order valence-corrected chi connectivity index (χ2v) is 6.62. The van der Waals surface area contributed by atoms with Crippen molar-refractivity contribution in [3.05, 3.63) is 0 Å². The summed E-state index contributed by atoms with van der Waals surface area (Å²) in [5.41, 5.74) is 0. The Hall–Kier alpha value is 0.200. The highest BCUT2D eigenvalue weighted by atomic mass is 32.2. The molecule has 88 valence electrons. The summed E-state index contributed by atoms with van der Waals surface area (Å²) in [6.45, 7) is 12.3. The molecule has 0 spiro atoms. The second kappa shape index (κ2) is 6.06. The first-order valence-corrected chi connectivity index (χ1v) is 7.02. The fourth-order valence-corrected chi connectivity index (χ4v) is 2.86. The lowest BCUT2D eigenvalue weighted by Crippen LogP contribution is -2.47. The summed E-state index contributed by atoms with van der Waals surface area (Å²) >= 11 is 7.18. The first kappa shape index (κ1) is 13.3. The van der Waals surface area contributed by atoms with Crippen molar-refractivity contribution in [3.8, 4) is 0 Å². The summed E-state index contributed by atoms with van der Waals surface area (Å²) < 4.78 is 1.07. The third-order valence-corrected chi connectivity index (χ3v) is 3.82. The zero-order chi connectivity index (χ0) is 11.4. The van der Waals surface area contributed by atoms with E-state index in [4.69, 9.17) is 12.2 Å². The predicted molar refractivity (Wildman–Crippen MR) is 73.0 cm³/mol. The Bertz CT molecular complexity index is 217. The van der Waals surface area contributed by atoms with Gasteiger partial charge in [0.25, 0.3) is 0 Å². The molecule has 0 aliphatic carbocycles. The largest absolute Gasteiger partial charge is 0.344 e. The molecule has 0 saturated carbocycles. The molecule has 0 unspecified atom stereocenters. The van der Waals surface area contributed by atoms with E-state index in [2.05, 4.69) is 37.5 Å². The van der Waals surface area contributed by atoms with Gasteiger partial charge in [0.05, 0.1) is 12.5 Å². The molecule has 4 heteroatoms. The molecule has 0 aromatic heterocycles. The molecule has 1 saturated heterocycles.